The molecule has 0 amide bonds. The van der Waals surface area contributed by atoms with E-state index in [9.17, 15) is 8.42 Å². The first-order valence-electron chi connectivity index (χ1n) is 7.56. The average Bonchev–Trinajstić information content (AvgIpc) is 3.05. The summed E-state index contributed by atoms with van der Waals surface area (Å²) in [6.45, 7) is 2.11. The lowest BCUT2D eigenvalue weighted by Gasteiger charge is -2.09. The number of aromatic nitrogens is 1. The van der Waals surface area contributed by atoms with Crippen molar-refractivity contribution in [3.8, 4) is 0 Å². The summed E-state index contributed by atoms with van der Waals surface area (Å²) in [5, 5.41) is 3.18. The monoisotopic (exact) mass is 393 g/mol. The summed E-state index contributed by atoms with van der Waals surface area (Å²) in [5.74, 6) is 0.631. The van der Waals surface area contributed by atoms with Crippen molar-refractivity contribution in [3.63, 3.8) is 0 Å². The maximum absolute atomic E-state index is 12.2. The van der Waals surface area contributed by atoms with Crippen molar-refractivity contribution in [2.45, 2.75) is 17.6 Å². The highest BCUT2D eigenvalue weighted by molar-refractivity contribution is 7.94. The van der Waals surface area contributed by atoms with Crippen molar-refractivity contribution < 1.29 is 8.42 Å². The Balaban J connectivity index is 1.69. The van der Waals surface area contributed by atoms with E-state index in [0.717, 1.165) is 23.4 Å². The number of nitrogens with zero attached hydrogens (tertiary/aromatic N) is 1. The van der Waals surface area contributed by atoms with E-state index in [4.69, 9.17) is 11.6 Å². The molecule has 0 unspecified atom stereocenters. The quantitative estimate of drug-likeness (QED) is 0.624. The highest BCUT2D eigenvalue weighted by Crippen LogP contribution is 2.27. The molecule has 0 bridgehead atoms. The van der Waals surface area contributed by atoms with Gasteiger partial charge in [0.1, 0.15) is 10.0 Å². The van der Waals surface area contributed by atoms with Gasteiger partial charge in [-0.05, 0) is 48.4 Å². The minimum Gasteiger partial charge on any atom is -0.340 e. The molecule has 0 aliphatic rings. The third-order valence-electron chi connectivity index (χ3n) is 3.46. The number of hydrogen-bond donors (Lipinski definition) is 2. The van der Waals surface area contributed by atoms with E-state index < -0.39 is 10.0 Å². The van der Waals surface area contributed by atoms with Crippen LogP contribution in [0.2, 0.25) is 4.34 Å². The summed E-state index contributed by atoms with van der Waals surface area (Å²) in [6, 6.07) is 14.5. The first kappa shape index (κ1) is 17.7. The molecule has 0 aliphatic heterocycles. The van der Waals surface area contributed by atoms with Gasteiger partial charge in [0, 0.05) is 5.69 Å². The van der Waals surface area contributed by atoms with Gasteiger partial charge in [0.25, 0.3) is 10.0 Å². The van der Waals surface area contributed by atoms with E-state index in [1.165, 1.54) is 17.8 Å². The van der Waals surface area contributed by atoms with Crippen molar-refractivity contribution in [2.24, 2.45) is 0 Å². The Morgan fingerprint density at radius 3 is 2.32 bits per heavy atom. The number of halogens is 1. The van der Waals surface area contributed by atoms with Crippen LogP contribution in [0.5, 0.6) is 0 Å². The van der Waals surface area contributed by atoms with Gasteiger partial charge in [0.05, 0.1) is 16.2 Å². The predicted octanol–water partition coefficient (Wildman–Crippen LogP) is 4.90. The van der Waals surface area contributed by atoms with Crippen molar-refractivity contribution >= 4 is 50.2 Å². The zero-order chi connectivity index (χ0) is 17.9. The molecule has 2 N–H and O–H groups in total. The highest BCUT2D eigenvalue weighted by Gasteiger charge is 2.16. The van der Waals surface area contributed by atoms with Crippen LogP contribution in [0, 0.1) is 0 Å². The van der Waals surface area contributed by atoms with Crippen LogP contribution in [0.1, 0.15) is 12.5 Å². The number of aryl methyl sites for hydroxylation is 1. The molecule has 3 aromatic rings. The molecule has 0 saturated heterocycles. The van der Waals surface area contributed by atoms with Gasteiger partial charge in [-0.1, -0.05) is 30.7 Å². The van der Waals surface area contributed by atoms with Crippen LogP contribution in [0.3, 0.4) is 0 Å². The van der Waals surface area contributed by atoms with Crippen LogP contribution < -0.4 is 10.0 Å². The van der Waals surface area contributed by atoms with Crippen molar-refractivity contribution in [3.05, 3.63) is 64.6 Å². The second-order valence-corrected chi connectivity index (χ2v) is 8.90. The fourth-order valence-electron chi connectivity index (χ4n) is 2.15. The summed E-state index contributed by atoms with van der Waals surface area (Å²) >= 11 is 6.80. The van der Waals surface area contributed by atoms with Crippen LogP contribution in [0.4, 0.5) is 17.2 Å². The number of sulfonamides is 1. The summed E-state index contributed by atoms with van der Waals surface area (Å²) < 4.78 is 27.6. The molecule has 8 heteroatoms. The second kappa shape index (κ2) is 7.43. The van der Waals surface area contributed by atoms with Gasteiger partial charge in [-0.3, -0.25) is 4.72 Å². The first-order valence-corrected chi connectivity index (χ1v) is 10.2. The molecule has 3 rings (SSSR count). The molecule has 5 nitrogen and oxygen atoms in total. The number of rotatable bonds is 6. The lowest BCUT2D eigenvalue weighted by atomic mass is 10.1. The number of hydrogen-bond acceptors (Lipinski definition) is 5. The number of nitrogens with one attached hydrogen (secondary N) is 2. The third-order valence-corrected chi connectivity index (χ3v) is 6.57. The van der Waals surface area contributed by atoms with Gasteiger partial charge in [0.2, 0.25) is 0 Å². The largest absolute Gasteiger partial charge is 0.340 e. The Morgan fingerprint density at radius 1 is 1.04 bits per heavy atom. The van der Waals surface area contributed by atoms with Gasteiger partial charge in [-0.2, -0.15) is 0 Å². The van der Waals surface area contributed by atoms with Gasteiger partial charge in [-0.25, -0.2) is 13.4 Å². The molecule has 0 radical (unpaired) electrons. The van der Waals surface area contributed by atoms with Gasteiger partial charge < -0.3 is 5.32 Å². The fraction of sp³-hybridized carbons (Fsp3) is 0.118. The van der Waals surface area contributed by atoms with E-state index in [0.29, 0.717) is 15.8 Å². The first-order chi connectivity index (χ1) is 12.0. The second-order valence-electron chi connectivity index (χ2n) is 5.27. The van der Waals surface area contributed by atoms with E-state index in [2.05, 4.69) is 34.1 Å². The number of benzene rings is 1. The molecule has 0 aliphatic carbocycles. The molecule has 2 heterocycles. The zero-order valence-electron chi connectivity index (χ0n) is 13.4. The lowest BCUT2D eigenvalue weighted by molar-refractivity contribution is 0.603. The third kappa shape index (κ3) is 4.50. The van der Waals surface area contributed by atoms with Gasteiger partial charge >= 0.3 is 0 Å². The zero-order valence-corrected chi connectivity index (χ0v) is 15.8. The Labute approximate surface area is 155 Å². The summed E-state index contributed by atoms with van der Waals surface area (Å²) in [4.78, 5) is 4.24. The lowest BCUT2D eigenvalue weighted by Crippen LogP contribution is -2.11. The van der Waals surface area contributed by atoms with Gasteiger partial charge in [-0.15, -0.1) is 11.3 Å². The average molecular weight is 394 g/mol. The van der Waals surface area contributed by atoms with E-state index in [1.54, 1.807) is 18.2 Å². The minimum atomic E-state index is -3.65. The maximum Gasteiger partial charge on any atom is 0.271 e. The van der Waals surface area contributed by atoms with E-state index in [-0.39, 0.29) is 4.21 Å². The van der Waals surface area contributed by atoms with Gasteiger partial charge in [0.15, 0.2) is 0 Å². The van der Waals surface area contributed by atoms with Crippen molar-refractivity contribution in [2.75, 3.05) is 10.0 Å². The molecule has 0 fully saturated rings. The van der Waals surface area contributed by atoms with Crippen LogP contribution in [-0.2, 0) is 16.4 Å². The van der Waals surface area contributed by atoms with Crippen LogP contribution >= 0.6 is 22.9 Å². The maximum atomic E-state index is 12.2. The SMILES string of the molecule is CCc1ccc(Nc2ccc(NS(=O)(=O)c3ccc(Cl)s3)cn2)cc1. The number of thiophene rings is 1. The van der Waals surface area contributed by atoms with Crippen molar-refractivity contribution in [1.29, 1.82) is 0 Å². The molecule has 0 spiro atoms. The van der Waals surface area contributed by atoms with E-state index in [1.807, 2.05) is 12.1 Å². The summed E-state index contributed by atoms with van der Waals surface area (Å²) in [6.07, 6.45) is 2.46. The Hall–Kier alpha value is -2.09. The number of anilines is 3. The Bertz CT molecular complexity index is 952. The van der Waals surface area contributed by atoms with Crippen molar-refractivity contribution in [1.82, 2.24) is 4.98 Å². The minimum absolute atomic E-state index is 0.163. The molecule has 130 valence electrons. The smallest absolute Gasteiger partial charge is 0.271 e. The highest BCUT2D eigenvalue weighted by atomic mass is 35.5. The summed E-state index contributed by atoms with van der Waals surface area (Å²) in [5.41, 5.74) is 2.57. The molecule has 0 atom stereocenters. The normalized spacial score (nSPS) is 11.3. The predicted molar refractivity (Wildman–Crippen MR) is 103 cm³/mol. The summed E-state index contributed by atoms with van der Waals surface area (Å²) in [7, 11) is -3.65. The standard InChI is InChI=1S/C17H16ClN3O2S2/c1-2-12-3-5-13(6-4-12)20-16-9-7-14(11-19-16)21-25(22,23)17-10-8-15(18)24-17/h3-11,21H,2H2,1H3,(H,19,20). The van der Waals surface area contributed by atoms with E-state index >= 15 is 0 Å². The molecule has 25 heavy (non-hydrogen) atoms. The molecule has 1 aromatic carbocycles. The fourth-order valence-corrected chi connectivity index (χ4v) is 4.67. The molecular weight excluding hydrogens is 378 g/mol. The molecule has 2 aromatic heterocycles. The van der Waals surface area contributed by atoms with Crippen LogP contribution in [0.15, 0.2) is 58.9 Å². The molecule has 0 saturated carbocycles. The number of pyridine rings is 1. The van der Waals surface area contributed by atoms with Crippen LogP contribution in [0.25, 0.3) is 0 Å². The Morgan fingerprint density at radius 2 is 1.76 bits per heavy atom. The molecular formula is C17H16ClN3O2S2. The Kier molecular flexibility index (Phi) is 5.27. The van der Waals surface area contributed by atoms with Crippen LogP contribution in [-0.4, -0.2) is 13.4 Å². The topological polar surface area (TPSA) is 71.1 Å².